The lowest BCUT2D eigenvalue weighted by Gasteiger charge is -2.09. The molecule has 20 heavy (non-hydrogen) atoms. The molecule has 3 rings (SSSR count). The van der Waals surface area contributed by atoms with Gasteiger partial charge in [0, 0.05) is 11.1 Å². The van der Waals surface area contributed by atoms with Crippen molar-refractivity contribution in [1.29, 1.82) is 0 Å². The molecule has 2 aromatic carbocycles. The number of fused-ring (bicyclic) bond motifs is 1. The van der Waals surface area contributed by atoms with Gasteiger partial charge in [-0.1, -0.05) is 18.2 Å². The molecule has 0 bridgehead atoms. The molecule has 2 aromatic rings. The molecule has 0 radical (unpaired) electrons. The van der Waals surface area contributed by atoms with Gasteiger partial charge in [0.15, 0.2) is 5.78 Å². The Morgan fingerprint density at radius 2 is 1.80 bits per heavy atom. The van der Waals surface area contributed by atoms with Crippen molar-refractivity contribution in [3.8, 4) is 0 Å². The van der Waals surface area contributed by atoms with Crippen LogP contribution in [0.2, 0.25) is 0 Å². The van der Waals surface area contributed by atoms with Gasteiger partial charge >= 0.3 is 5.97 Å². The molecule has 0 aliphatic carbocycles. The number of Topliss-reactive ketones (excluding diaryl/α,β-unsaturated/α-hetero) is 1. The number of cyclic esters (lactones) is 1. The van der Waals surface area contributed by atoms with Gasteiger partial charge in [-0.2, -0.15) is 0 Å². The molecule has 0 aromatic heterocycles. The zero-order valence-corrected chi connectivity index (χ0v) is 10.5. The van der Waals surface area contributed by atoms with Gasteiger partial charge in [0.05, 0.1) is 12.0 Å². The van der Waals surface area contributed by atoms with Crippen LogP contribution in [0.1, 0.15) is 38.8 Å². The third-order valence-electron chi connectivity index (χ3n) is 3.31. The molecule has 3 nitrogen and oxygen atoms in total. The number of carbonyl (C=O) groups excluding carboxylic acids is 2. The summed E-state index contributed by atoms with van der Waals surface area (Å²) in [6, 6.07) is 12.4. The van der Waals surface area contributed by atoms with Gasteiger partial charge in [0.25, 0.3) is 0 Å². The van der Waals surface area contributed by atoms with Gasteiger partial charge < -0.3 is 4.74 Å². The fourth-order valence-electron chi connectivity index (χ4n) is 2.29. The Morgan fingerprint density at radius 1 is 1.10 bits per heavy atom. The Labute approximate surface area is 115 Å². The maximum absolute atomic E-state index is 12.8. The summed E-state index contributed by atoms with van der Waals surface area (Å²) in [4.78, 5) is 23.8. The summed E-state index contributed by atoms with van der Waals surface area (Å²) in [6.45, 7) is 0. The quantitative estimate of drug-likeness (QED) is 0.634. The summed E-state index contributed by atoms with van der Waals surface area (Å²) < 4.78 is 18.0. The molecule has 0 spiro atoms. The van der Waals surface area contributed by atoms with Crippen LogP contribution in [-0.2, 0) is 4.74 Å². The minimum Gasteiger partial charge on any atom is -0.453 e. The molecule has 0 N–H and O–H groups in total. The zero-order chi connectivity index (χ0) is 14.1. The van der Waals surface area contributed by atoms with Crippen molar-refractivity contribution in [2.45, 2.75) is 12.5 Å². The van der Waals surface area contributed by atoms with Crippen molar-refractivity contribution < 1.29 is 18.7 Å². The van der Waals surface area contributed by atoms with E-state index in [9.17, 15) is 14.0 Å². The van der Waals surface area contributed by atoms with Crippen LogP contribution in [0, 0.1) is 5.82 Å². The molecule has 1 heterocycles. The highest BCUT2D eigenvalue weighted by Gasteiger charge is 2.32. The number of hydrogen-bond acceptors (Lipinski definition) is 3. The normalized spacial score (nSPS) is 16.6. The SMILES string of the molecule is O=C(C[C@H]1OC(=O)c2ccccc21)c1ccc(F)cc1. The summed E-state index contributed by atoms with van der Waals surface area (Å²) >= 11 is 0. The van der Waals surface area contributed by atoms with E-state index in [2.05, 4.69) is 0 Å². The Morgan fingerprint density at radius 3 is 2.55 bits per heavy atom. The Hall–Kier alpha value is -2.49. The van der Waals surface area contributed by atoms with Crippen LogP contribution in [0.5, 0.6) is 0 Å². The molecular weight excluding hydrogens is 259 g/mol. The summed E-state index contributed by atoms with van der Waals surface area (Å²) in [5.41, 5.74) is 1.64. The zero-order valence-electron chi connectivity index (χ0n) is 10.5. The second-order valence-electron chi connectivity index (χ2n) is 4.62. The first-order chi connectivity index (χ1) is 9.65. The van der Waals surface area contributed by atoms with E-state index in [1.54, 1.807) is 24.3 Å². The van der Waals surface area contributed by atoms with Crippen molar-refractivity contribution in [2.75, 3.05) is 0 Å². The highest BCUT2D eigenvalue weighted by Crippen LogP contribution is 2.33. The van der Waals surface area contributed by atoms with E-state index in [-0.39, 0.29) is 18.0 Å². The molecule has 0 fully saturated rings. The number of ketones is 1. The van der Waals surface area contributed by atoms with E-state index in [1.165, 1.54) is 24.3 Å². The van der Waals surface area contributed by atoms with E-state index < -0.39 is 12.1 Å². The Balaban J connectivity index is 1.81. The van der Waals surface area contributed by atoms with E-state index in [1.807, 2.05) is 0 Å². The van der Waals surface area contributed by atoms with Crippen molar-refractivity contribution in [1.82, 2.24) is 0 Å². The molecule has 0 unspecified atom stereocenters. The van der Waals surface area contributed by atoms with Crippen LogP contribution < -0.4 is 0 Å². The second kappa shape index (κ2) is 4.89. The predicted octanol–water partition coefficient (Wildman–Crippen LogP) is 3.31. The van der Waals surface area contributed by atoms with Gasteiger partial charge in [-0.15, -0.1) is 0 Å². The lowest BCUT2D eigenvalue weighted by atomic mass is 9.98. The molecule has 1 aliphatic heterocycles. The van der Waals surface area contributed by atoms with E-state index in [4.69, 9.17) is 4.74 Å². The first-order valence-corrected chi connectivity index (χ1v) is 6.24. The fraction of sp³-hybridized carbons (Fsp3) is 0.125. The standard InChI is InChI=1S/C16H11FO3/c17-11-7-5-10(6-8-11)14(18)9-15-12-3-1-2-4-13(12)16(19)20-15/h1-8,15H,9H2/t15-/m1/s1. The van der Waals surface area contributed by atoms with Crippen molar-refractivity contribution >= 4 is 11.8 Å². The van der Waals surface area contributed by atoms with Crippen molar-refractivity contribution in [2.24, 2.45) is 0 Å². The minimum absolute atomic E-state index is 0.0639. The first kappa shape index (κ1) is 12.5. The molecular formula is C16H11FO3. The molecule has 0 amide bonds. The maximum atomic E-state index is 12.8. The van der Waals surface area contributed by atoms with E-state index >= 15 is 0 Å². The van der Waals surface area contributed by atoms with Crippen LogP contribution in [-0.4, -0.2) is 11.8 Å². The number of hydrogen-bond donors (Lipinski definition) is 0. The lowest BCUT2D eigenvalue weighted by Crippen LogP contribution is -2.07. The average Bonchev–Trinajstić information content (AvgIpc) is 2.77. The average molecular weight is 270 g/mol. The molecule has 0 saturated heterocycles. The summed E-state index contributed by atoms with van der Waals surface area (Å²) in [6.07, 6.45) is -0.495. The number of carbonyl (C=O) groups is 2. The third-order valence-corrected chi connectivity index (χ3v) is 3.31. The smallest absolute Gasteiger partial charge is 0.339 e. The number of rotatable bonds is 3. The maximum Gasteiger partial charge on any atom is 0.339 e. The van der Waals surface area contributed by atoms with E-state index in [0.29, 0.717) is 11.1 Å². The van der Waals surface area contributed by atoms with Gasteiger partial charge in [-0.3, -0.25) is 4.79 Å². The highest BCUT2D eigenvalue weighted by atomic mass is 19.1. The van der Waals surface area contributed by atoms with Crippen molar-refractivity contribution in [3.05, 3.63) is 71.0 Å². The number of ether oxygens (including phenoxy) is 1. The predicted molar refractivity (Wildman–Crippen MR) is 69.9 cm³/mol. The second-order valence-corrected chi connectivity index (χ2v) is 4.62. The van der Waals surface area contributed by atoms with Crippen LogP contribution in [0.3, 0.4) is 0 Å². The van der Waals surface area contributed by atoms with Gasteiger partial charge in [0.1, 0.15) is 11.9 Å². The minimum atomic E-state index is -0.559. The number of esters is 1. The van der Waals surface area contributed by atoms with Crippen molar-refractivity contribution in [3.63, 3.8) is 0 Å². The van der Waals surface area contributed by atoms with Crippen LogP contribution >= 0.6 is 0 Å². The topological polar surface area (TPSA) is 43.4 Å². The van der Waals surface area contributed by atoms with E-state index in [0.717, 1.165) is 5.56 Å². The summed E-state index contributed by atoms with van der Waals surface area (Å²) in [5, 5.41) is 0. The first-order valence-electron chi connectivity index (χ1n) is 6.24. The van der Waals surface area contributed by atoms with Gasteiger partial charge in [0.2, 0.25) is 0 Å². The summed E-state index contributed by atoms with van der Waals surface area (Å²) in [7, 11) is 0. The Kier molecular flexibility index (Phi) is 3.06. The fourth-order valence-corrected chi connectivity index (χ4v) is 2.29. The number of halogens is 1. The lowest BCUT2D eigenvalue weighted by molar-refractivity contribution is 0.0367. The number of benzene rings is 2. The van der Waals surface area contributed by atoms with Gasteiger partial charge in [-0.25, -0.2) is 9.18 Å². The monoisotopic (exact) mass is 270 g/mol. The largest absolute Gasteiger partial charge is 0.453 e. The molecule has 4 heteroatoms. The third kappa shape index (κ3) is 2.20. The molecule has 1 atom stereocenters. The summed E-state index contributed by atoms with van der Waals surface area (Å²) in [5.74, 6) is -0.976. The Bertz CT molecular complexity index is 676. The molecule has 0 saturated carbocycles. The van der Waals surface area contributed by atoms with Crippen LogP contribution in [0.25, 0.3) is 0 Å². The highest BCUT2D eigenvalue weighted by molar-refractivity contribution is 5.98. The van der Waals surface area contributed by atoms with Crippen LogP contribution in [0.4, 0.5) is 4.39 Å². The molecule has 100 valence electrons. The molecule has 1 aliphatic rings. The van der Waals surface area contributed by atoms with Gasteiger partial charge in [-0.05, 0) is 30.3 Å². The van der Waals surface area contributed by atoms with Crippen LogP contribution in [0.15, 0.2) is 48.5 Å².